The van der Waals surface area contributed by atoms with Gasteiger partial charge in [-0.1, -0.05) is 103 Å². The molecule has 0 bridgehead atoms. The van der Waals surface area contributed by atoms with Gasteiger partial charge in [-0.05, 0) is 29.7 Å². The zero-order valence-electron chi connectivity index (χ0n) is 16.7. The van der Waals surface area contributed by atoms with Crippen molar-refractivity contribution in [3.8, 4) is 39.6 Å². The maximum absolute atomic E-state index is 4.60. The molecular weight excluding hydrogens is 366 g/mol. The van der Waals surface area contributed by atoms with Gasteiger partial charge in [0.1, 0.15) is 0 Å². The van der Waals surface area contributed by atoms with Crippen molar-refractivity contribution < 1.29 is 0 Å². The summed E-state index contributed by atoms with van der Waals surface area (Å²) in [5, 5.41) is 9.17. The Balaban J connectivity index is 1.66. The molecule has 30 heavy (non-hydrogen) atoms. The van der Waals surface area contributed by atoms with E-state index in [0.29, 0.717) is 0 Å². The first-order chi connectivity index (χ1) is 14.8. The van der Waals surface area contributed by atoms with Crippen LogP contribution in [0, 0.1) is 6.92 Å². The third kappa shape index (κ3) is 3.31. The highest BCUT2D eigenvalue weighted by Gasteiger charge is 2.18. The number of hydrogen-bond donors (Lipinski definition) is 0. The summed E-state index contributed by atoms with van der Waals surface area (Å²) in [6, 6.07) is 37.5. The molecule has 0 aliphatic rings. The van der Waals surface area contributed by atoms with Gasteiger partial charge in [0.05, 0.1) is 5.69 Å². The molecule has 144 valence electrons. The first-order valence-corrected chi connectivity index (χ1v) is 10.0. The third-order valence-electron chi connectivity index (χ3n) is 5.30. The number of para-hydroxylation sites is 1. The van der Waals surface area contributed by atoms with E-state index in [1.807, 2.05) is 24.3 Å². The molecule has 0 fully saturated rings. The SMILES string of the molecule is Cc1ccccc1-n1c(-c2ccccc2)nnc1-c1ccc(-c2ccccc2)cc1. The van der Waals surface area contributed by atoms with Crippen molar-refractivity contribution in [1.82, 2.24) is 14.8 Å². The zero-order valence-corrected chi connectivity index (χ0v) is 16.7. The van der Waals surface area contributed by atoms with Crippen molar-refractivity contribution >= 4 is 0 Å². The van der Waals surface area contributed by atoms with Crippen LogP contribution in [0.2, 0.25) is 0 Å². The Morgan fingerprint density at radius 3 is 1.50 bits per heavy atom. The number of nitrogens with zero attached hydrogens (tertiary/aromatic N) is 3. The smallest absolute Gasteiger partial charge is 0.168 e. The van der Waals surface area contributed by atoms with E-state index in [1.54, 1.807) is 0 Å². The van der Waals surface area contributed by atoms with Gasteiger partial charge in [-0.15, -0.1) is 10.2 Å². The van der Waals surface area contributed by atoms with Crippen molar-refractivity contribution in [3.63, 3.8) is 0 Å². The predicted molar refractivity (Wildman–Crippen MR) is 122 cm³/mol. The number of benzene rings is 4. The third-order valence-corrected chi connectivity index (χ3v) is 5.30. The van der Waals surface area contributed by atoms with Gasteiger partial charge in [-0.25, -0.2) is 0 Å². The summed E-state index contributed by atoms with van der Waals surface area (Å²) < 4.78 is 2.15. The Bertz CT molecular complexity index is 1270. The summed E-state index contributed by atoms with van der Waals surface area (Å²) >= 11 is 0. The van der Waals surface area contributed by atoms with E-state index in [4.69, 9.17) is 0 Å². The van der Waals surface area contributed by atoms with Crippen LogP contribution in [0.25, 0.3) is 39.6 Å². The van der Waals surface area contributed by atoms with Crippen LogP contribution < -0.4 is 0 Å². The Hall–Kier alpha value is -3.98. The van der Waals surface area contributed by atoms with Crippen molar-refractivity contribution in [1.29, 1.82) is 0 Å². The van der Waals surface area contributed by atoms with Crippen LogP contribution in [0.4, 0.5) is 0 Å². The van der Waals surface area contributed by atoms with E-state index in [9.17, 15) is 0 Å². The topological polar surface area (TPSA) is 30.7 Å². The van der Waals surface area contributed by atoms with Crippen molar-refractivity contribution in [2.45, 2.75) is 6.92 Å². The molecule has 0 radical (unpaired) electrons. The van der Waals surface area contributed by atoms with E-state index in [1.165, 1.54) is 16.7 Å². The van der Waals surface area contributed by atoms with Crippen LogP contribution in [0.5, 0.6) is 0 Å². The van der Waals surface area contributed by atoms with Crippen molar-refractivity contribution in [2.24, 2.45) is 0 Å². The molecule has 5 aromatic rings. The fraction of sp³-hybridized carbons (Fsp3) is 0.0370. The van der Waals surface area contributed by atoms with Crippen LogP contribution in [-0.2, 0) is 0 Å². The Kier molecular flexibility index (Phi) is 4.70. The fourth-order valence-electron chi connectivity index (χ4n) is 3.73. The second-order valence-electron chi connectivity index (χ2n) is 7.28. The molecule has 0 unspecified atom stereocenters. The van der Waals surface area contributed by atoms with Gasteiger partial charge in [0.15, 0.2) is 11.6 Å². The monoisotopic (exact) mass is 387 g/mol. The minimum Gasteiger partial charge on any atom is -0.275 e. The average Bonchev–Trinajstić information content (AvgIpc) is 3.25. The number of aryl methyl sites for hydroxylation is 1. The lowest BCUT2D eigenvalue weighted by Gasteiger charge is -2.13. The van der Waals surface area contributed by atoms with Gasteiger partial charge < -0.3 is 0 Å². The molecule has 0 aliphatic carbocycles. The Morgan fingerprint density at radius 2 is 0.900 bits per heavy atom. The Morgan fingerprint density at radius 1 is 0.467 bits per heavy atom. The summed E-state index contributed by atoms with van der Waals surface area (Å²) in [5.74, 6) is 1.68. The number of rotatable bonds is 4. The molecule has 0 atom stereocenters. The summed E-state index contributed by atoms with van der Waals surface area (Å²) in [6.45, 7) is 2.12. The van der Waals surface area contributed by atoms with Crippen LogP contribution >= 0.6 is 0 Å². The minimum absolute atomic E-state index is 0.836. The Labute approximate surface area is 176 Å². The van der Waals surface area contributed by atoms with Crippen molar-refractivity contribution in [2.75, 3.05) is 0 Å². The zero-order chi connectivity index (χ0) is 20.3. The molecule has 0 saturated heterocycles. The molecule has 1 aromatic heterocycles. The first-order valence-electron chi connectivity index (χ1n) is 10.0. The molecule has 3 nitrogen and oxygen atoms in total. The van der Waals surface area contributed by atoms with Gasteiger partial charge in [0, 0.05) is 11.1 Å². The molecule has 5 rings (SSSR count). The fourth-order valence-corrected chi connectivity index (χ4v) is 3.73. The highest BCUT2D eigenvalue weighted by molar-refractivity contribution is 5.71. The lowest BCUT2D eigenvalue weighted by atomic mass is 10.0. The molecule has 1 heterocycles. The van der Waals surface area contributed by atoms with Gasteiger partial charge in [0.2, 0.25) is 0 Å². The molecule has 0 saturated carbocycles. The van der Waals surface area contributed by atoms with Crippen molar-refractivity contribution in [3.05, 3.63) is 115 Å². The van der Waals surface area contributed by atoms with Gasteiger partial charge in [-0.2, -0.15) is 0 Å². The molecular formula is C27H21N3. The second-order valence-corrected chi connectivity index (χ2v) is 7.28. The summed E-state index contributed by atoms with van der Waals surface area (Å²) in [6.07, 6.45) is 0. The quantitative estimate of drug-likeness (QED) is 0.349. The van der Waals surface area contributed by atoms with Crippen LogP contribution in [-0.4, -0.2) is 14.8 Å². The number of aromatic nitrogens is 3. The highest BCUT2D eigenvalue weighted by atomic mass is 15.3. The molecule has 0 spiro atoms. The lowest BCUT2D eigenvalue weighted by molar-refractivity contribution is 1.05. The summed E-state index contributed by atoms with van der Waals surface area (Å²) in [4.78, 5) is 0. The second kappa shape index (κ2) is 7.80. The van der Waals surface area contributed by atoms with E-state index in [2.05, 4.69) is 107 Å². The maximum atomic E-state index is 4.60. The molecule has 0 aliphatic heterocycles. The molecule has 0 N–H and O–H groups in total. The molecule has 4 aromatic carbocycles. The maximum Gasteiger partial charge on any atom is 0.168 e. The molecule has 3 heteroatoms. The van der Waals surface area contributed by atoms with Gasteiger partial charge >= 0.3 is 0 Å². The van der Waals surface area contributed by atoms with Gasteiger partial charge in [-0.3, -0.25) is 4.57 Å². The standard InChI is InChI=1S/C27H21N3/c1-20-10-8-9-15-25(20)30-26(23-13-6-3-7-14-23)28-29-27(30)24-18-16-22(17-19-24)21-11-4-2-5-12-21/h2-19H,1H3. The lowest BCUT2D eigenvalue weighted by Crippen LogP contribution is -2.02. The van der Waals surface area contributed by atoms with E-state index in [0.717, 1.165) is 28.5 Å². The summed E-state index contributed by atoms with van der Waals surface area (Å²) in [7, 11) is 0. The first kappa shape index (κ1) is 18.1. The van der Waals surface area contributed by atoms with Crippen LogP contribution in [0.15, 0.2) is 109 Å². The van der Waals surface area contributed by atoms with E-state index in [-0.39, 0.29) is 0 Å². The highest BCUT2D eigenvalue weighted by Crippen LogP contribution is 2.31. The van der Waals surface area contributed by atoms with Crippen LogP contribution in [0.1, 0.15) is 5.56 Å². The minimum atomic E-state index is 0.836. The number of hydrogen-bond acceptors (Lipinski definition) is 2. The normalized spacial score (nSPS) is 10.8. The van der Waals surface area contributed by atoms with E-state index < -0.39 is 0 Å². The van der Waals surface area contributed by atoms with Crippen LogP contribution in [0.3, 0.4) is 0 Å². The van der Waals surface area contributed by atoms with Gasteiger partial charge in [0.25, 0.3) is 0 Å². The largest absolute Gasteiger partial charge is 0.275 e. The summed E-state index contributed by atoms with van der Waals surface area (Å²) in [5.41, 5.74) is 6.73. The average molecular weight is 387 g/mol. The molecule has 0 amide bonds. The van der Waals surface area contributed by atoms with E-state index >= 15 is 0 Å². The predicted octanol–water partition coefficient (Wildman–Crippen LogP) is 6.58.